The van der Waals surface area contributed by atoms with Gasteiger partial charge in [-0.3, -0.25) is 4.79 Å². The normalized spacial score (nSPS) is 12.6. The van der Waals surface area contributed by atoms with Crippen molar-refractivity contribution in [2.75, 3.05) is 7.11 Å². The first-order valence-electron chi connectivity index (χ1n) is 10.1. The van der Waals surface area contributed by atoms with Gasteiger partial charge in [-0.1, -0.05) is 52.6 Å². The zero-order valence-electron chi connectivity index (χ0n) is 18.1. The zero-order chi connectivity index (χ0) is 22.7. The molecule has 0 bridgehead atoms. The van der Waals surface area contributed by atoms with Crippen LogP contribution in [0.5, 0.6) is 11.5 Å². The molecule has 3 rings (SSSR count). The highest BCUT2D eigenvalue weighted by Gasteiger charge is 2.16. The lowest BCUT2D eigenvalue weighted by Crippen LogP contribution is -2.23. The number of halogens is 2. The predicted molar refractivity (Wildman–Crippen MR) is 132 cm³/mol. The fourth-order valence-electron chi connectivity index (χ4n) is 3.02. The third-order valence-electron chi connectivity index (χ3n) is 4.82. The lowest BCUT2D eigenvalue weighted by Gasteiger charge is -2.18. The van der Waals surface area contributed by atoms with Gasteiger partial charge in [0.05, 0.1) is 30.3 Å². The number of hydrogen-bond donors (Lipinski definition) is 0. The summed E-state index contributed by atoms with van der Waals surface area (Å²) in [6.07, 6.45) is 2.45. The van der Waals surface area contributed by atoms with Crippen molar-refractivity contribution in [1.29, 1.82) is 0 Å². The van der Waals surface area contributed by atoms with Gasteiger partial charge in [-0.25, -0.2) is 4.98 Å². The van der Waals surface area contributed by atoms with Crippen LogP contribution < -0.4 is 15.0 Å². The number of methoxy groups -OCH3 is 1. The molecule has 1 heterocycles. The fraction of sp³-hybridized carbons (Fsp3) is 0.348. The number of benzene rings is 2. The second-order valence-electron chi connectivity index (χ2n) is 7.51. The summed E-state index contributed by atoms with van der Waals surface area (Å²) in [5, 5.41) is 5.03. The third kappa shape index (κ3) is 5.18. The van der Waals surface area contributed by atoms with Gasteiger partial charge >= 0.3 is 0 Å². The van der Waals surface area contributed by atoms with E-state index in [4.69, 9.17) is 9.47 Å². The molecule has 0 aliphatic rings. The summed E-state index contributed by atoms with van der Waals surface area (Å²) in [7, 11) is 1.60. The number of hydrogen-bond acceptors (Lipinski definition) is 5. The molecule has 8 heteroatoms. The first-order valence-corrected chi connectivity index (χ1v) is 11.6. The number of ether oxygens (including phenoxy) is 2. The third-order valence-corrected chi connectivity index (χ3v) is 5.78. The maximum Gasteiger partial charge on any atom is 0.282 e. The largest absolute Gasteiger partial charge is 0.493 e. The molecular formula is C23H25Br2N3O3. The van der Waals surface area contributed by atoms with E-state index < -0.39 is 0 Å². The lowest BCUT2D eigenvalue weighted by molar-refractivity contribution is 0.207. The quantitative estimate of drug-likeness (QED) is 0.333. The average Bonchev–Trinajstić information content (AvgIpc) is 2.74. The van der Waals surface area contributed by atoms with E-state index in [9.17, 15) is 4.79 Å². The summed E-state index contributed by atoms with van der Waals surface area (Å²) in [6.45, 7) is 8.02. The molecule has 3 aromatic rings. The van der Waals surface area contributed by atoms with E-state index in [1.165, 1.54) is 4.68 Å². The summed E-state index contributed by atoms with van der Waals surface area (Å²) in [4.78, 5) is 17.9. The Morgan fingerprint density at radius 1 is 1.16 bits per heavy atom. The Morgan fingerprint density at radius 3 is 2.55 bits per heavy atom. The van der Waals surface area contributed by atoms with Crippen molar-refractivity contribution in [2.24, 2.45) is 5.10 Å². The van der Waals surface area contributed by atoms with Crippen molar-refractivity contribution in [3.05, 3.63) is 61.0 Å². The molecule has 0 aliphatic carbocycles. The Hall–Kier alpha value is -2.19. The van der Waals surface area contributed by atoms with Gasteiger partial charge in [-0.2, -0.15) is 9.78 Å². The van der Waals surface area contributed by atoms with Crippen molar-refractivity contribution >= 4 is 49.0 Å². The minimum absolute atomic E-state index is 0.00383. The summed E-state index contributed by atoms with van der Waals surface area (Å²) < 4.78 is 14.6. The second-order valence-corrected chi connectivity index (χ2v) is 9.34. The number of nitrogens with zero attached hydrogens (tertiary/aromatic N) is 3. The van der Waals surface area contributed by atoms with Crippen LogP contribution in [0.3, 0.4) is 0 Å². The topological polar surface area (TPSA) is 65.7 Å². The van der Waals surface area contributed by atoms with Crippen molar-refractivity contribution in [1.82, 2.24) is 9.66 Å². The van der Waals surface area contributed by atoms with Gasteiger partial charge in [0.15, 0.2) is 11.5 Å². The molecule has 0 fully saturated rings. The van der Waals surface area contributed by atoms with E-state index in [-0.39, 0.29) is 17.6 Å². The van der Waals surface area contributed by atoms with Crippen LogP contribution >= 0.6 is 31.9 Å². The monoisotopic (exact) mass is 549 g/mol. The van der Waals surface area contributed by atoms with E-state index in [2.05, 4.69) is 48.9 Å². The molecule has 2 aromatic carbocycles. The number of fused-ring (bicyclic) bond motifs is 1. The van der Waals surface area contributed by atoms with E-state index in [0.29, 0.717) is 33.8 Å². The molecule has 0 amide bonds. The van der Waals surface area contributed by atoms with Gasteiger partial charge < -0.3 is 9.47 Å². The van der Waals surface area contributed by atoms with Gasteiger partial charge in [0.1, 0.15) is 5.82 Å². The molecule has 0 aliphatic heterocycles. The molecule has 0 unspecified atom stereocenters. The van der Waals surface area contributed by atoms with Crippen LogP contribution in [0.15, 0.2) is 49.2 Å². The van der Waals surface area contributed by atoms with Crippen LogP contribution in [0.2, 0.25) is 0 Å². The molecule has 164 valence electrons. The van der Waals surface area contributed by atoms with Crippen LogP contribution in [0, 0.1) is 0 Å². The highest BCUT2D eigenvalue weighted by atomic mass is 79.9. The summed E-state index contributed by atoms with van der Waals surface area (Å²) in [6, 6.07) is 9.20. The Morgan fingerprint density at radius 2 is 1.90 bits per heavy atom. The van der Waals surface area contributed by atoms with Crippen LogP contribution in [-0.2, 0) is 0 Å². The summed E-state index contributed by atoms with van der Waals surface area (Å²) in [5.41, 5.74) is 1.12. The zero-order valence-corrected chi connectivity index (χ0v) is 21.3. The highest BCUT2D eigenvalue weighted by Crippen LogP contribution is 2.35. The van der Waals surface area contributed by atoms with Gasteiger partial charge in [0, 0.05) is 20.4 Å². The molecule has 1 atom stereocenters. The second kappa shape index (κ2) is 9.96. The van der Waals surface area contributed by atoms with Crippen molar-refractivity contribution in [3.63, 3.8) is 0 Å². The highest BCUT2D eigenvalue weighted by molar-refractivity contribution is 9.10. The Labute approximate surface area is 198 Å². The maximum atomic E-state index is 13.2. The maximum absolute atomic E-state index is 13.2. The molecule has 31 heavy (non-hydrogen) atoms. The first kappa shape index (κ1) is 23.5. The molecule has 6 nitrogen and oxygen atoms in total. The molecule has 0 N–H and O–H groups in total. The van der Waals surface area contributed by atoms with Crippen LogP contribution in [0.1, 0.15) is 51.4 Å². The minimum atomic E-state index is -0.224. The lowest BCUT2D eigenvalue weighted by atomic mass is 10.2. The molecule has 0 saturated carbocycles. The fourth-order valence-corrected chi connectivity index (χ4v) is 3.83. The van der Waals surface area contributed by atoms with Gasteiger partial charge in [0.2, 0.25) is 0 Å². The van der Waals surface area contributed by atoms with E-state index >= 15 is 0 Å². The molecule has 0 saturated heterocycles. The van der Waals surface area contributed by atoms with Crippen molar-refractivity contribution in [2.45, 2.75) is 46.1 Å². The minimum Gasteiger partial charge on any atom is -0.493 e. The predicted octanol–water partition coefficient (Wildman–Crippen LogP) is 6.11. The molecule has 1 aromatic heterocycles. The summed E-state index contributed by atoms with van der Waals surface area (Å²) in [5.74, 6) is 1.76. The molecule has 0 spiro atoms. The smallest absolute Gasteiger partial charge is 0.282 e. The first-order chi connectivity index (χ1) is 14.7. The Balaban J connectivity index is 2.19. The van der Waals surface area contributed by atoms with Gasteiger partial charge in [-0.15, -0.1) is 0 Å². The molecule has 0 radical (unpaired) electrons. The van der Waals surface area contributed by atoms with Crippen LogP contribution in [0.25, 0.3) is 10.9 Å². The number of aromatic nitrogens is 2. The molecular weight excluding hydrogens is 526 g/mol. The van der Waals surface area contributed by atoms with Crippen LogP contribution in [0.4, 0.5) is 0 Å². The van der Waals surface area contributed by atoms with Crippen molar-refractivity contribution < 1.29 is 9.47 Å². The Bertz CT molecular complexity index is 1190. The van der Waals surface area contributed by atoms with E-state index in [0.717, 1.165) is 15.4 Å². The number of rotatable bonds is 7. The van der Waals surface area contributed by atoms with Gasteiger partial charge in [-0.05, 0) is 43.7 Å². The average molecular weight is 551 g/mol. The van der Waals surface area contributed by atoms with Crippen LogP contribution in [-0.4, -0.2) is 29.1 Å². The Kier molecular flexibility index (Phi) is 7.54. The van der Waals surface area contributed by atoms with E-state index in [1.54, 1.807) is 19.4 Å². The SMILES string of the molecule is CC[C@@H](C)Oc1c(C=Nn2c(C(C)C)nc3ccc(Br)cc3c2=O)cc(Br)cc1OC. The van der Waals surface area contributed by atoms with E-state index in [1.807, 2.05) is 45.0 Å². The standard InChI is InChI=1S/C23H25Br2N3O3/c1-6-14(4)31-21-15(9-17(25)11-20(21)30-5)12-26-28-22(13(2)3)27-19-8-7-16(24)10-18(19)23(28)29/h7-14H,6H2,1-5H3/t14-/m1/s1. The van der Waals surface area contributed by atoms with Gasteiger partial charge in [0.25, 0.3) is 5.56 Å². The van der Waals surface area contributed by atoms with Crippen molar-refractivity contribution in [3.8, 4) is 11.5 Å². The summed E-state index contributed by atoms with van der Waals surface area (Å²) >= 11 is 6.93.